The fourth-order valence-electron chi connectivity index (χ4n) is 3.59. The SMILES string of the molecule is CCn1c(N/N=C\c2cc(C)n(-c3cccc(Cl)c3Cl)c2C)nc2ccccc21. The Morgan fingerprint density at radius 3 is 2.69 bits per heavy atom. The van der Waals surface area contributed by atoms with E-state index in [-0.39, 0.29) is 0 Å². The Hall–Kier alpha value is -2.76. The van der Waals surface area contributed by atoms with E-state index in [0.29, 0.717) is 10.0 Å². The fourth-order valence-corrected chi connectivity index (χ4v) is 3.97. The maximum absolute atomic E-state index is 6.43. The molecular weight excluding hydrogens is 405 g/mol. The molecule has 0 aliphatic carbocycles. The van der Waals surface area contributed by atoms with Gasteiger partial charge in [0.05, 0.1) is 33.0 Å². The van der Waals surface area contributed by atoms with Gasteiger partial charge in [0, 0.05) is 23.5 Å². The molecule has 4 aromatic rings. The molecular formula is C22H21Cl2N5. The van der Waals surface area contributed by atoms with Crippen LogP contribution in [0.1, 0.15) is 23.9 Å². The van der Waals surface area contributed by atoms with Crippen molar-refractivity contribution in [2.24, 2.45) is 5.10 Å². The predicted molar refractivity (Wildman–Crippen MR) is 122 cm³/mol. The quantitative estimate of drug-likeness (QED) is 0.304. The first-order valence-electron chi connectivity index (χ1n) is 9.39. The Morgan fingerprint density at radius 1 is 1.10 bits per heavy atom. The van der Waals surface area contributed by atoms with Gasteiger partial charge in [0.1, 0.15) is 0 Å². The minimum absolute atomic E-state index is 0.534. The molecule has 0 fully saturated rings. The summed E-state index contributed by atoms with van der Waals surface area (Å²) in [6.07, 6.45) is 1.80. The molecule has 2 aromatic heterocycles. The van der Waals surface area contributed by atoms with E-state index in [4.69, 9.17) is 23.2 Å². The van der Waals surface area contributed by atoms with Crippen molar-refractivity contribution in [3.05, 3.63) is 75.5 Å². The third-order valence-corrected chi connectivity index (χ3v) is 5.79. The number of rotatable bonds is 5. The molecule has 5 nitrogen and oxygen atoms in total. The van der Waals surface area contributed by atoms with Gasteiger partial charge in [-0.15, -0.1) is 0 Å². The molecule has 0 saturated carbocycles. The lowest BCUT2D eigenvalue weighted by molar-refractivity contribution is 0.791. The van der Waals surface area contributed by atoms with Gasteiger partial charge in [0.15, 0.2) is 0 Å². The Morgan fingerprint density at radius 2 is 1.90 bits per heavy atom. The molecule has 7 heteroatoms. The first-order chi connectivity index (χ1) is 14.0. The molecule has 0 bridgehead atoms. The predicted octanol–water partition coefficient (Wildman–Crippen LogP) is 6.22. The summed E-state index contributed by atoms with van der Waals surface area (Å²) in [5.74, 6) is 0.719. The molecule has 2 aromatic carbocycles. The number of aryl methyl sites for hydroxylation is 2. The van der Waals surface area contributed by atoms with E-state index >= 15 is 0 Å². The largest absolute Gasteiger partial charge is 0.316 e. The maximum Gasteiger partial charge on any atom is 0.224 e. The molecule has 0 amide bonds. The highest BCUT2D eigenvalue weighted by molar-refractivity contribution is 6.43. The van der Waals surface area contributed by atoms with Gasteiger partial charge in [0.25, 0.3) is 0 Å². The molecule has 0 saturated heterocycles. The molecule has 0 radical (unpaired) electrons. The van der Waals surface area contributed by atoms with Gasteiger partial charge in [0.2, 0.25) is 5.95 Å². The van der Waals surface area contributed by atoms with E-state index in [2.05, 4.69) is 43.7 Å². The van der Waals surface area contributed by atoms with Gasteiger partial charge < -0.3 is 9.13 Å². The topological polar surface area (TPSA) is 47.1 Å². The highest BCUT2D eigenvalue weighted by Crippen LogP contribution is 2.31. The number of benzene rings is 2. The van der Waals surface area contributed by atoms with Crippen LogP contribution in [0.2, 0.25) is 10.0 Å². The van der Waals surface area contributed by atoms with E-state index in [1.807, 2.05) is 44.2 Å². The second-order valence-corrected chi connectivity index (χ2v) is 7.56. The smallest absolute Gasteiger partial charge is 0.224 e. The molecule has 2 heterocycles. The van der Waals surface area contributed by atoms with Crippen molar-refractivity contribution in [1.29, 1.82) is 0 Å². The summed E-state index contributed by atoms with van der Waals surface area (Å²) in [6.45, 7) is 6.96. The van der Waals surface area contributed by atoms with Crippen LogP contribution in [0, 0.1) is 13.8 Å². The summed E-state index contributed by atoms with van der Waals surface area (Å²) >= 11 is 12.6. The number of anilines is 1. The number of imidazole rings is 1. The molecule has 148 valence electrons. The molecule has 0 unspecified atom stereocenters. The average Bonchev–Trinajstić information content (AvgIpc) is 3.20. The zero-order valence-electron chi connectivity index (χ0n) is 16.4. The van der Waals surface area contributed by atoms with E-state index in [0.717, 1.165) is 46.2 Å². The van der Waals surface area contributed by atoms with Gasteiger partial charge >= 0.3 is 0 Å². The van der Waals surface area contributed by atoms with E-state index < -0.39 is 0 Å². The van der Waals surface area contributed by atoms with Crippen LogP contribution >= 0.6 is 23.2 Å². The lowest BCUT2D eigenvalue weighted by Gasteiger charge is -2.12. The summed E-state index contributed by atoms with van der Waals surface area (Å²) < 4.78 is 4.18. The Labute approximate surface area is 179 Å². The van der Waals surface area contributed by atoms with E-state index in [9.17, 15) is 0 Å². The highest BCUT2D eigenvalue weighted by atomic mass is 35.5. The zero-order valence-corrected chi connectivity index (χ0v) is 18.0. The number of hydrogen-bond donors (Lipinski definition) is 1. The molecule has 29 heavy (non-hydrogen) atoms. The second kappa shape index (κ2) is 7.93. The summed E-state index contributed by atoms with van der Waals surface area (Å²) in [5.41, 5.74) is 9.04. The number of nitrogens with one attached hydrogen (secondary N) is 1. The molecule has 0 aliphatic rings. The van der Waals surface area contributed by atoms with Gasteiger partial charge in [-0.2, -0.15) is 5.10 Å². The number of para-hydroxylation sites is 2. The third kappa shape index (κ3) is 3.52. The third-order valence-electron chi connectivity index (χ3n) is 4.98. The molecule has 0 atom stereocenters. The van der Waals surface area contributed by atoms with Crippen LogP contribution in [0.25, 0.3) is 16.7 Å². The number of hydrogen-bond acceptors (Lipinski definition) is 3. The van der Waals surface area contributed by atoms with Crippen molar-refractivity contribution in [1.82, 2.24) is 14.1 Å². The lowest BCUT2D eigenvalue weighted by atomic mass is 10.2. The van der Waals surface area contributed by atoms with Crippen LogP contribution < -0.4 is 5.43 Å². The van der Waals surface area contributed by atoms with Crippen LogP contribution in [0.5, 0.6) is 0 Å². The minimum Gasteiger partial charge on any atom is -0.316 e. The number of aromatic nitrogens is 3. The monoisotopic (exact) mass is 425 g/mol. The number of hydrazone groups is 1. The van der Waals surface area contributed by atoms with Crippen molar-refractivity contribution < 1.29 is 0 Å². The summed E-state index contributed by atoms with van der Waals surface area (Å²) in [5, 5.41) is 5.50. The van der Waals surface area contributed by atoms with Gasteiger partial charge in [-0.1, -0.05) is 41.4 Å². The van der Waals surface area contributed by atoms with Crippen LogP contribution in [0.3, 0.4) is 0 Å². The first kappa shape index (κ1) is 19.6. The molecule has 0 spiro atoms. The van der Waals surface area contributed by atoms with Crippen molar-refractivity contribution in [3.8, 4) is 5.69 Å². The highest BCUT2D eigenvalue weighted by Gasteiger charge is 2.14. The molecule has 0 aliphatic heterocycles. The van der Waals surface area contributed by atoms with Crippen molar-refractivity contribution in [2.75, 3.05) is 5.43 Å². The lowest BCUT2D eigenvalue weighted by Crippen LogP contribution is -2.02. The van der Waals surface area contributed by atoms with Crippen LogP contribution in [0.4, 0.5) is 5.95 Å². The Bertz CT molecular complexity index is 1220. The van der Waals surface area contributed by atoms with Gasteiger partial charge in [-0.25, -0.2) is 10.4 Å². The number of halogens is 2. The summed E-state index contributed by atoms with van der Waals surface area (Å²) in [6, 6.07) is 15.8. The first-order valence-corrected chi connectivity index (χ1v) is 10.1. The molecule has 1 N–H and O–H groups in total. The fraction of sp³-hybridized carbons (Fsp3) is 0.182. The van der Waals surface area contributed by atoms with Crippen molar-refractivity contribution in [2.45, 2.75) is 27.3 Å². The van der Waals surface area contributed by atoms with Crippen molar-refractivity contribution in [3.63, 3.8) is 0 Å². The van der Waals surface area contributed by atoms with Crippen LogP contribution in [0.15, 0.2) is 53.6 Å². The number of nitrogens with zero attached hydrogens (tertiary/aromatic N) is 4. The minimum atomic E-state index is 0.534. The van der Waals surface area contributed by atoms with Crippen LogP contribution in [-0.4, -0.2) is 20.3 Å². The standard InChI is InChI=1S/C22H21Cl2N5/c1-4-28-19-10-6-5-9-18(19)26-22(28)27-25-13-16-12-14(2)29(15(16)3)20-11-7-8-17(23)21(20)24/h5-13H,4H2,1-3H3,(H,26,27)/b25-13-. The summed E-state index contributed by atoms with van der Waals surface area (Å²) in [7, 11) is 0. The second-order valence-electron chi connectivity index (χ2n) is 6.77. The van der Waals surface area contributed by atoms with Crippen molar-refractivity contribution >= 4 is 46.4 Å². The summed E-state index contributed by atoms with van der Waals surface area (Å²) in [4.78, 5) is 4.63. The van der Waals surface area contributed by atoms with Gasteiger partial charge in [-0.05, 0) is 51.1 Å². The van der Waals surface area contributed by atoms with E-state index in [1.54, 1.807) is 12.3 Å². The zero-order chi connectivity index (χ0) is 20.5. The normalized spacial score (nSPS) is 11.6. The Balaban J connectivity index is 1.64. The number of fused-ring (bicyclic) bond motifs is 1. The maximum atomic E-state index is 6.43. The Kier molecular flexibility index (Phi) is 5.35. The van der Waals surface area contributed by atoms with Crippen LogP contribution in [-0.2, 0) is 6.54 Å². The van der Waals surface area contributed by atoms with Gasteiger partial charge in [-0.3, -0.25) is 0 Å². The van der Waals surface area contributed by atoms with E-state index in [1.165, 1.54) is 0 Å². The molecule has 4 rings (SSSR count). The average molecular weight is 426 g/mol.